The minimum Gasteiger partial charge on any atom is -0.495 e. The number of alkyl halides is 3. The Morgan fingerprint density at radius 2 is 2.00 bits per heavy atom. The standard InChI is InChI=1S/C14H16F3N3O/c1-3-20-10(8-13(19-20)14(15,16)17)9-18-11-6-4-5-7-12(11)21-2/h4-8,18H,3,9H2,1-2H3. The summed E-state index contributed by atoms with van der Waals surface area (Å²) < 4.78 is 44.6. The van der Waals surface area contributed by atoms with E-state index in [1.54, 1.807) is 26.2 Å². The van der Waals surface area contributed by atoms with Gasteiger partial charge < -0.3 is 10.1 Å². The maximum Gasteiger partial charge on any atom is 0.435 e. The first-order chi connectivity index (χ1) is 9.95. The number of aromatic nitrogens is 2. The Kier molecular flexibility index (Phi) is 4.40. The highest BCUT2D eigenvalue weighted by molar-refractivity contribution is 5.56. The first-order valence-corrected chi connectivity index (χ1v) is 6.46. The molecule has 0 fully saturated rings. The number of ether oxygens (including phenoxy) is 1. The summed E-state index contributed by atoms with van der Waals surface area (Å²) in [4.78, 5) is 0. The molecule has 2 rings (SSSR count). The first-order valence-electron chi connectivity index (χ1n) is 6.46. The number of methoxy groups -OCH3 is 1. The van der Waals surface area contributed by atoms with Gasteiger partial charge in [-0.05, 0) is 25.1 Å². The second-order valence-corrected chi connectivity index (χ2v) is 4.39. The fraction of sp³-hybridized carbons (Fsp3) is 0.357. The van der Waals surface area contributed by atoms with E-state index in [2.05, 4.69) is 10.4 Å². The van der Waals surface area contributed by atoms with Gasteiger partial charge in [-0.2, -0.15) is 18.3 Å². The Hall–Kier alpha value is -2.18. The molecule has 0 bridgehead atoms. The van der Waals surface area contributed by atoms with Gasteiger partial charge in [0.25, 0.3) is 0 Å². The number of para-hydroxylation sites is 2. The summed E-state index contributed by atoms with van der Waals surface area (Å²) in [6.07, 6.45) is -4.43. The van der Waals surface area contributed by atoms with Gasteiger partial charge in [-0.3, -0.25) is 4.68 Å². The van der Waals surface area contributed by atoms with Crippen molar-refractivity contribution < 1.29 is 17.9 Å². The Balaban J connectivity index is 2.18. The highest BCUT2D eigenvalue weighted by Gasteiger charge is 2.34. The first kappa shape index (κ1) is 15.2. The molecule has 21 heavy (non-hydrogen) atoms. The second-order valence-electron chi connectivity index (χ2n) is 4.39. The SMILES string of the molecule is CCn1nc(C(F)(F)F)cc1CNc1ccccc1OC. The highest BCUT2D eigenvalue weighted by Crippen LogP contribution is 2.29. The van der Waals surface area contributed by atoms with Gasteiger partial charge in [-0.1, -0.05) is 12.1 Å². The summed E-state index contributed by atoms with van der Waals surface area (Å²) in [7, 11) is 1.54. The van der Waals surface area contributed by atoms with E-state index in [-0.39, 0.29) is 6.54 Å². The van der Waals surface area contributed by atoms with Gasteiger partial charge >= 0.3 is 6.18 Å². The van der Waals surface area contributed by atoms with E-state index in [4.69, 9.17) is 4.74 Å². The van der Waals surface area contributed by atoms with Crippen LogP contribution in [0.15, 0.2) is 30.3 Å². The summed E-state index contributed by atoms with van der Waals surface area (Å²) >= 11 is 0. The fourth-order valence-electron chi connectivity index (χ4n) is 1.99. The fourth-order valence-corrected chi connectivity index (χ4v) is 1.99. The van der Waals surface area contributed by atoms with E-state index < -0.39 is 11.9 Å². The van der Waals surface area contributed by atoms with Crippen molar-refractivity contribution in [3.63, 3.8) is 0 Å². The van der Waals surface area contributed by atoms with Crippen LogP contribution in [0, 0.1) is 0 Å². The van der Waals surface area contributed by atoms with Gasteiger partial charge in [-0.25, -0.2) is 0 Å². The lowest BCUT2D eigenvalue weighted by atomic mass is 10.2. The lowest BCUT2D eigenvalue weighted by molar-refractivity contribution is -0.141. The van der Waals surface area contributed by atoms with Crippen molar-refractivity contribution in [2.45, 2.75) is 26.2 Å². The van der Waals surface area contributed by atoms with Crippen LogP contribution >= 0.6 is 0 Å². The van der Waals surface area contributed by atoms with E-state index >= 15 is 0 Å². The number of halogens is 3. The van der Waals surface area contributed by atoms with Crippen LogP contribution in [0.25, 0.3) is 0 Å². The van der Waals surface area contributed by atoms with Crippen LogP contribution in [0.1, 0.15) is 18.3 Å². The monoisotopic (exact) mass is 299 g/mol. The molecule has 0 aliphatic heterocycles. The predicted octanol–water partition coefficient (Wildman–Crippen LogP) is 3.54. The maximum absolute atomic E-state index is 12.7. The van der Waals surface area contributed by atoms with Crippen molar-refractivity contribution >= 4 is 5.69 Å². The van der Waals surface area contributed by atoms with Crippen LogP contribution in [0.5, 0.6) is 5.75 Å². The van der Waals surface area contributed by atoms with Crippen molar-refractivity contribution in [3.05, 3.63) is 41.7 Å². The van der Waals surface area contributed by atoms with Crippen LogP contribution < -0.4 is 10.1 Å². The summed E-state index contributed by atoms with van der Waals surface area (Å²) in [5, 5.41) is 6.64. The zero-order valence-corrected chi connectivity index (χ0v) is 11.7. The summed E-state index contributed by atoms with van der Waals surface area (Å²) in [5.41, 5.74) is 0.314. The Morgan fingerprint density at radius 1 is 1.29 bits per heavy atom. The van der Waals surface area contributed by atoms with Crippen molar-refractivity contribution in [3.8, 4) is 5.75 Å². The summed E-state index contributed by atoms with van der Waals surface area (Å²) in [5.74, 6) is 0.635. The van der Waals surface area contributed by atoms with Crippen LogP contribution in [0.3, 0.4) is 0 Å². The van der Waals surface area contributed by atoms with Gasteiger partial charge in [0.2, 0.25) is 0 Å². The lowest BCUT2D eigenvalue weighted by Crippen LogP contribution is -2.09. The molecule has 0 atom stereocenters. The van der Waals surface area contributed by atoms with Gasteiger partial charge in [0.15, 0.2) is 5.69 Å². The maximum atomic E-state index is 12.7. The minimum atomic E-state index is -4.43. The number of nitrogens with one attached hydrogen (secondary N) is 1. The number of anilines is 1. The quantitative estimate of drug-likeness (QED) is 0.918. The van der Waals surface area contributed by atoms with E-state index in [0.717, 1.165) is 11.8 Å². The van der Waals surface area contributed by atoms with Crippen LogP contribution in [0.2, 0.25) is 0 Å². The van der Waals surface area contributed by atoms with Gasteiger partial charge in [0.1, 0.15) is 5.75 Å². The van der Waals surface area contributed by atoms with Crippen LogP contribution in [-0.2, 0) is 19.3 Å². The Morgan fingerprint density at radius 3 is 2.62 bits per heavy atom. The molecule has 0 aliphatic carbocycles. The molecule has 1 aromatic carbocycles. The number of hydrogen-bond donors (Lipinski definition) is 1. The molecule has 0 unspecified atom stereocenters. The third kappa shape index (κ3) is 3.48. The van der Waals surface area contributed by atoms with Crippen molar-refractivity contribution in [1.29, 1.82) is 0 Å². The third-order valence-electron chi connectivity index (χ3n) is 3.02. The van der Waals surface area contributed by atoms with Crippen molar-refractivity contribution in [1.82, 2.24) is 9.78 Å². The molecule has 0 aliphatic rings. The molecule has 7 heteroatoms. The molecule has 114 valence electrons. The van der Waals surface area contributed by atoms with E-state index in [1.165, 1.54) is 4.68 Å². The van der Waals surface area contributed by atoms with Crippen LogP contribution in [0.4, 0.5) is 18.9 Å². The molecule has 0 amide bonds. The lowest BCUT2D eigenvalue weighted by Gasteiger charge is -2.11. The molecule has 0 radical (unpaired) electrons. The van der Waals surface area contributed by atoms with Crippen LogP contribution in [-0.4, -0.2) is 16.9 Å². The molecule has 4 nitrogen and oxygen atoms in total. The number of aryl methyl sites for hydroxylation is 1. The van der Waals surface area contributed by atoms with E-state index in [0.29, 0.717) is 18.0 Å². The zero-order chi connectivity index (χ0) is 15.5. The molecular weight excluding hydrogens is 283 g/mol. The normalized spacial score (nSPS) is 11.5. The smallest absolute Gasteiger partial charge is 0.435 e. The van der Waals surface area contributed by atoms with Crippen molar-refractivity contribution in [2.24, 2.45) is 0 Å². The van der Waals surface area contributed by atoms with Gasteiger partial charge in [-0.15, -0.1) is 0 Å². The Labute approximate surface area is 120 Å². The third-order valence-corrected chi connectivity index (χ3v) is 3.02. The summed E-state index contributed by atoms with van der Waals surface area (Å²) in [6, 6.07) is 8.29. The van der Waals surface area contributed by atoms with E-state index in [1.807, 2.05) is 12.1 Å². The Bertz CT molecular complexity index is 608. The molecular formula is C14H16F3N3O. The van der Waals surface area contributed by atoms with Crippen molar-refractivity contribution in [2.75, 3.05) is 12.4 Å². The molecule has 1 N–H and O–H groups in total. The number of nitrogens with zero attached hydrogens (tertiary/aromatic N) is 2. The molecule has 1 heterocycles. The average Bonchev–Trinajstić information content (AvgIpc) is 2.88. The zero-order valence-electron chi connectivity index (χ0n) is 11.7. The number of rotatable bonds is 5. The molecule has 0 saturated carbocycles. The molecule has 0 saturated heterocycles. The number of hydrogen-bond acceptors (Lipinski definition) is 3. The molecule has 0 spiro atoms. The highest BCUT2D eigenvalue weighted by atomic mass is 19.4. The molecule has 2 aromatic rings. The largest absolute Gasteiger partial charge is 0.495 e. The average molecular weight is 299 g/mol. The summed E-state index contributed by atoms with van der Waals surface area (Å²) in [6.45, 7) is 2.36. The van der Waals surface area contributed by atoms with E-state index in [9.17, 15) is 13.2 Å². The topological polar surface area (TPSA) is 39.1 Å². The predicted molar refractivity (Wildman–Crippen MR) is 73.2 cm³/mol. The second kappa shape index (κ2) is 6.07. The number of benzene rings is 1. The minimum absolute atomic E-state index is 0.233. The molecule has 1 aromatic heterocycles. The van der Waals surface area contributed by atoms with Gasteiger partial charge in [0.05, 0.1) is 25.0 Å². The van der Waals surface area contributed by atoms with Gasteiger partial charge in [0, 0.05) is 6.54 Å².